The van der Waals surface area contributed by atoms with Crippen LogP contribution in [0.3, 0.4) is 0 Å². The molecule has 122 valence electrons. The first-order valence-electron chi connectivity index (χ1n) is 7.10. The van der Waals surface area contributed by atoms with Crippen LogP contribution in [0, 0.1) is 0 Å². The zero-order valence-corrected chi connectivity index (χ0v) is 14.6. The molecule has 1 amide bonds. The molecule has 1 fully saturated rings. The first kappa shape index (κ1) is 17.1. The van der Waals surface area contributed by atoms with Gasteiger partial charge in [0.05, 0.1) is 11.9 Å². The van der Waals surface area contributed by atoms with E-state index in [0.29, 0.717) is 24.8 Å². The van der Waals surface area contributed by atoms with Crippen molar-refractivity contribution in [3.8, 4) is 0 Å². The number of piperazine rings is 1. The average molecular weight is 347 g/mol. The first-order valence-corrected chi connectivity index (χ1v) is 7.85. The van der Waals surface area contributed by atoms with E-state index in [2.05, 4.69) is 9.97 Å². The van der Waals surface area contributed by atoms with Crippen molar-refractivity contribution < 1.29 is 9.53 Å². The van der Waals surface area contributed by atoms with Crippen LogP contribution in [-0.2, 0) is 4.74 Å². The maximum absolute atomic E-state index is 12.2. The lowest BCUT2D eigenvalue weighted by Gasteiger charge is -2.41. The Hall–Kier alpha value is -1.27. The molecule has 0 spiro atoms. The van der Waals surface area contributed by atoms with Crippen molar-refractivity contribution in [3.05, 3.63) is 16.6 Å². The van der Waals surface area contributed by atoms with Crippen LogP contribution in [0.25, 0.3) is 0 Å². The molecule has 1 unspecified atom stereocenters. The van der Waals surface area contributed by atoms with E-state index < -0.39 is 5.60 Å². The normalized spacial score (nSPS) is 19.3. The van der Waals surface area contributed by atoms with E-state index in [0.717, 1.165) is 5.69 Å². The molecule has 0 bridgehead atoms. The Morgan fingerprint density at radius 2 is 2.05 bits per heavy atom. The lowest BCUT2D eigenvalue weighted by molar-refractivity contribution is 0.0159. The van der Waals surface area contributed by atoms with Gasteiger partial charge in [0.15, 0.2) is 5.15 Å². The highest BCUT2D eigenvalue weighted by molar-refractivity contribution is 6.33. The van der Waals surface area contributed by atoms with E-state index in [1.165, 1.54) is 0 Å². The summed E-state index contributed by atoms with van der Waals surface area (Å²) in [6, 6.07) is -0.00431. The summed E-state index contributed by atoms with van der Waals surface area (Å²) in [7, 11) is 0. The van der Waals surface area contributed by atoms with Gasteiger partial charge in [-0.2, -0.15) is 0 Å². The summed E-state index contributed by atoms with van der Waals surface area (Å²) < 4.78 is 5.43. The largest absolute Gasteiger partial charge is 0.444 e. The molecule has 0 saturated carbocycles. The van der Waals surface area contributed by atoms with Gasteiger partial charge in [-0.05, 0) is 39.3 Å². The van der Waals surface area contributed by atoms with Crippen LogP contribution in [0.15, 0.2) is 6.20 Å². The molecule has 6 nitrogen and oxygen atoms in total. The minimum absolute atomic E-state index is 0.00431. The number of rotatable bonds is 1. The molecule has 1 aliphatic heterocycles. The minimum Gasteiger partial charge on any atom is -0.444 e. The van der Waals surface area contributed by atoms with Crippen LogP contribution < -0.4 is 4.90 Å². The summed E-state index contributed by atoms with van der Waals surface area (Å²) in [6.07, 6.45) is 1.31. The molecule has 2 heterocycles. The Labute approximate surface area is 140 Å². The van der Waals surface area contributed by atoms with Gasteiger partial charge >= 0.3 is 6.09 Å². The van der Waals surface area contributed by atoms with Gasteiger partial charge in [0.1, 0.15) is 5.60 Å². The first-order chi connectivity index (χ1) is 10.2. The van der Waals surface area contributed by atoms with Gasteiger partial charge in [-0.25, -0.2) is 14.8 Å². The highest BCUT2D eigenvalue weighted by Gasteiger charge is 2.31. The Morgan fingerprint density at radius 1 is 1.36 bits per heavy atom. The molecule has 1 saturated heterocycles. The molecular formula is C14H20Cl2N4O2. The quantitative estimate of drug-likeness (QED) is 0.577. The van der Waals surface area contributed by atoms with Crippen molar-refractivity contribution in [3.63, 3.8) is 0 Å². The number of ether oxygens (including phenoxy) is 1. The van der Waals surface area contributed by atoms with E-state index >= 15 is 0 Å². The van der Waals surface area contributed by atoms with E-state index in [1.807, 2.05) is 32.6 Å². The summed E-state index contributed by atoms with van der Waals surface area (Å²) in [6.45, 7) is 9.36. The average Bonchev–Trinajstić information content (AvgIpc) is 2.36. The Morgan fingerprint density at radius 3 is 2.59 bits per heavy atom. The van der Waals surface area contributed by atoms with Gasteiger partial charge in [-0.1, -0.05) is 11.6 Å². The van der Waals surface area contributed by atoms with Crippen molar-refractivity contribution in [1.29, 1.82) is 0 Å². The van der Waals surface area contributed by atoms with Crippen LogP contribution in [0.2, 0.25) is 10.4 Å². The van der Waals surface area contributed by atoms with E-state index in [9.17, 15) is 4.79 Å². The summed E-state index contributed by atoms with van der Waals surface area (Å²) in [4.78, 5) is 23.9. The second kappa shape index (κ2) is 6.46. The SMILES string of the molecule is CC1CN(c2cnc(Cl)nc2Cl)CCN1C(=O)OC(C)(C)C. The van der Waals surface area contributed by atoms with Gasteiger partial charge in [0.2, 0.25) is 5.28 Å². The highest BCUT2D eigenvalue weighted by atomic mass is 35.5. The Kier molecular flexibility index (Phi) is 5.02. The predicted octanol–water partition coefficient (Wildman–Crippen LogP) is 3.23. The van der Waals surface area contributed by atoms with Crippen LogP contribution in [0.4, 0.5) is 10.5 Å². The molecule has 1 atom stereocenters. The van der Waals surface area contributed by atoms with Gasteiger partial charge in [-0.15, -0.1) is 0 Å². The summed E-state index contributed by atoms with van der Waals surface area (Å²) in [5.74, 6) is 0. The zero-order chi connectivity index (χ0) is 16.5. The smallest absolute Gasteiger partial charge is 0.410 e. The number of carbonyl (C=O) groups is 1. The molecule has 0 N–H and O–H groups in total. The maximum Gasteiger partial charge on any atom is 0.410 e. The fourth-order valence-electron chi connectivity index (χ4n) is 2.32. The number of amides is 1. The number of hydrogen-bond donors (Lipinski definition) is 0. The molecule has 1 aliphatic rings. The van der Waals surface area contributed by atoms with Crippen LogP contribution in [-0.4, -0.2) is 52.2 Å². The summed E-state index contributed by atoms with van der Waals surface area (Å²) in [5.41, 5.74) is 0.225. The lowest BCUT2D eigenvalue weighted by Crippen LogP contribution is -2.55. The maximum atomic E-state index is 12.2. The number of carbonyl (C=O) groups excluding carboxylic acids is 1. The molecular weight excluding hydrogens is 327 g/mol. The third-order valence-corrected chi connectivity index (χ3v) is 3.75. The number of halogens is 2. The number of anilines is 1. The van der Waals surface area contributed by atoms with Crippen LogP contribution in [0.5, 0.6) is 0 Å². The summed E-state index contributed by atoms with van der Waals surface area (Å²) in [5, 5.41) is 0.437. The zero-order valence-electron chi connectivity index (χ0n) is 13.1. The van der Waals surface area contributed by atoms with E-state index in [-0.39, 0.29) is 17.4 Å². The van der Waals surface area contributed by atoms with Crippen molar-refractivity contribution >= 4 is 35.0 Å². The number of aromatic nitrogens is 2. The lowest BCUT2D eigenvalue weighted by atomic mass is 10.2. The Bertz CT molecular complexity index is 562. The molecule has 0 radical (unpaired) electrons. The molecule has 22 heavy (non-hydrogen) atoms. The molecule has 2 rings (SSSR count). The second-order valence-corrected chi connectivity index (χ2v) is 6.98. The van der Waals surface area contributed by atoms with Gasteiger partial charge in [0.25, 0.3) is 0 Å². The molecule has 0 aromatic carbocycles. The topological polar surface area (TPSA) is 58.6 Å². The fourth-order valence-corrected chi connectivity index (χ4v) is 2.74. The van der Waals surface area contributed by atoms with Crippen molar-refractivity contribution in [2.75, 3.05) is 24.5 Å². The van der Waals surface area contributed by atoms with E-state index in [4.69, 9.17) is 27.9 Å². The molecule has 8 heteroatoms. The Balaban J connectivity index is 2.05. The van der Waals surface area contributed by atoms with E-state index in [1.54, 1.807) is 11.1 Å². The van der Waals surface area contributed by atoms with Gasteiger partial charge in [0, 0.05) is 25.7 Å². The summed E-state index contributed by atoms with van der Waals surface area (Å²) >= 11 is 11.8. The van der Waals surface area contributed by atoms with Crippen molar-refractivity contribution in [1.82, 2.24) is 14.9 Å². The fraction of sp³-hybridized carbons (Fsp3) is 0.643. The van der Waals surface area contributed by atoms with Crippen LogP contribution in [0.1, 0.15) is 27.7 Å². The molecule has 1 aromatic heterocycles. The third kappa shape index (κ3) is 4.14. The van der Waals surface area contributed by atoms with Crippen molar-refractivity contribution in [2.45, 2.75) is 39.3 Å². The molecule has 0 aliphatic carbocycles. The highest BCUT2D eigenvalue weighted by Crippen LogP contribution is 2.26. The van der Waals surface area contributed by atoms with Gasteiger partial charge < -0.3 is 14.5 Å². The third-order valence-electron chi connectivity index (χ3n) is 3.29. The molecule has 1 aromatic rings. The second-order valence-electron chi connectivity index (χ2n) is 6.28. The van der Waals surface area contributed by atoms with Gasteiger partial charge in [-0.3, -0.25) is 0 Å². The number of hydrogen-bond acceptors (Lipinski definition) is 5. The minimum atomic E-state index is -0.499. The van der Waals surface area contributed by atoms with Crippen LogP contribution >= 0.6 is 23.2 Å². The van der Waals surface area contributed by atoms with Crippen molar-refractivity contribution in [2.24, 2.45) is 0 Å². The standard InChI is InChI=1S/C14H20Cl2N4O2/c1-9-8-19(10-7-17-12(16)18-11(10)15)5-6-20(9)13(21)22-14(2,3)4/h7,9H,5-6,8H2,1-4H3. The monoisotopic (exact) mass is 346 g/mol. The number of nitrogens with zero attached hydrogens (tertiary/aromatic N) is 4. The predicted molar refractivity (Wildman–Crippen MR) is 86.7 cm³/mol.